The van der Waals surface area contributed by atoms with Crippen molar-refractivity contribution in [3.8, 4) is 5.75 Å². The van der Waals surface area contributed by atoms with Crippen LogP contribution in [0.25, 0.3) is 27.2 Å². The first-order chi connectivity index (χ1) is 13.5. The number of aromatic nitrogens is 2. The molecule has 0 radical (unpaired) electrons. The van der Waals surface area contributed by atoms with Gasteiger partial charge in [-0.05, 0) is 42.3 Å². The fourth-order valence-electron chi connectivity index (χ4n) is 4.00. The molecule has 0 bridgehead atoms. The Morgan fingerprint density at radius 1 is 1.07 bits per heavy atom. The maximum Gasteiger partial charge on any atom is 0.193 e. The molecule has 0 fully saturated rings. The SMILES string of the molecule is COc1cc2c(=O)c(Cc3cncc(C)c3)cn3c4cc(Br)ccc4c(c1)c23. The van der Waals surface area contributed by atoms with Gasteiger partial charge in [0, 0.05) is 45.8 Å². The van der Waals surface area contributed by atoms with Crippen molar-refractivity contribution < 1.29 is 4.74 Å². The van der Waals surface area contributed by atoms with E-state index in [-0.39, 0.29) is 5.43 Å². The molecule has 3 aromatic heterocycles. The summed E-state index contributed by atoms with van der Waals surface area (Å²) in [6.07, 6.45) is 6.16. The zero-order chi connectivity index (χ0) is 19.4. The highest BCUT2D eigenvalue weighted by atomic mass is 79.9. The molecule has 0 amide bonds. The van der Waals surface area contributed by atoms with Gasteiger partial charge in [0.05, 0.1) is 23.5 Å². The molecule has 5 heteroatoms. The topological polar surface area (TPSA) is 43.6 Å². The van der Waals surface area contributed by atoms with Gasteiger partial charge in [-0.1, -0.05) is 28.1 Å². The third-order valence-electron chi connectivity index (χ3n) is 5.22. The van der Waals surface area contributed by atoms with Crippen molar-refractivity contribution in [1.29, 1.82) is 0 Å². The smallest absolute Gasteiger partial charge is 0.193 e. The van der Waals surface area contributed by atoms with Crippen molar-refractivity contribution in [3.63, 3.8) is 0 Å². The summed E-state index contributed by atoms with van der Waals surface area (Å²) >= 11 is 3.57. The second-order valence-corrected chi connectivity index (χ2v) is 8.05. The normalized spacial score (nSPS) is 11.7. The molecule has 138 valence electrons. The molecule has 3 heterocycles. The van der Waals surface area contributed by atoms with E-state index in [9.17, 15) is 4.79 Å². The number of hydrogen-bond donors (Lipinski definition) is 0. The second-order valence-electron chi connectivity index (χ2n) is 7.13. The lowest BCUT2D eigenvalue weighted by Gasteiger charge is -2.08. The van der Waals surface area contributed by atoms with E-state index in [0.717, 1.165) is 43.0 Å². The van der Waals surface area contributed by atoms with Crippen LogP contribution in [0.15, 0.2) is 64.3 Å². The van der Waals surface area contributed by atoms with Crippen molar-refractivity contribution in [2.45, 2.75) is 13.3 Å². The van der Waals surface area contributed by atoms with Gasteiger partial charge in [0.15, 0.2) is 5.43 Å². The number of benzene rings is 2. The van der Waals surface area contributed by atoms with Crippen LogP contribution < -0.4 is 10.2 Å². The van der Waals surface area contributed by atoms with E-state index in [1.54, 1.807) is 7.11 Å². The molecule has 0 spiro atoms. The second kappa shape index (κ2) is 6.31. The largest absolute Gasteiger partial charge is 0.497 e. The van der Waals surface area contributed by atoms with Gasteiger partial charge < -0.3 is 9.14 Å². The molecule has 0 aliphatic heterocycles. The summed E-state index contributed by atoms with van der Waals surface area (Å²) in [5, 5.41) is 2.80. The van der Waals surface area contributed by atoms with E-state index >= 15 is 0 Å². The Bertz CT molecular complexity index is 1420. The third-order valence-corrected chi connectivity index (χ3v) is 5.71. The number of fused-ring (bicyclic) bond motifs is 3. The van der Waals surface area contributed by atoms with Crippen LogP contribution in [0.2, 0.25) is 0 Å². The van der Waals surface area contributed by atoms with E-state index in [0.29, 0.717) is 17.6 Å². The average molecular weight is 433 g/mol. The molecule has 0 aliphatic rings. The Balaban J connectivity index is 1.88. The van der Waals surface area contributed by atoms with Crippen LogP contribution in [0.3, 0.4) is 0 Å². The Labute approximate surface area is 169 Å². The summed E-state index contributed by atoms with van der Waals surface area (Å²) in [4.78, 5) is 17.6. The number of pyridine rings is 2. The maximum absolute atomic E-state index is 13.3. The van der Waals surface area contributed by atoms with Crippen LogP contribution in [0, 0.1) is 6.92 Å². The molecule has 28 heavy (non-hydrogen) atoms. The standard InChI is InChI=1S/C23H17BrN2O2/c1-13-5-14(11-25-10-13)6-15-12-26-21-7-16(24)3-4-18(21)19-8-17(28-2)9-20(22(19)26)23(15)27/h3-5,7-12H,6H2,1-2H3. The molecule has 0 saturated heterocycles. The number of hydrogen-bond acceptors (Lipinski definition) is 3. The van der Waals surface area contributed by atoms with E-state index in [4.69, 9.17) is 4.74 Å². The van der Waals surface area contributed by atoms with Crippen molar-refractivity contribution in [1.82, 2.24) is 9.38 Å². The molecule has 5 rings (SSSR count). The summed E-state index contributed by atoms with van der Waals surface area (Å²) in [5.41, 5.74) is 4.89. The molecule has 0 atom stereocenters. The lowest BCUT2D eigenvalue weighted by atomic mass is 10.0. The van der Waals surface area contributed by atoms with Crippen molar-refractivity contribution in [2.75, 3.05) is 7.11 Å². The number of rotatable bonds is 3. The predicted octanol–water partition coefficient (Wildman–Crippen LogP) is 5.11. The minimum absolute atomic E-state index is 0.0415. The van der Waals surface area contributed by atoms with Gasteiger partial charge in [0.1, 0.15) is 5.75 Å². The Morgan fingerprint density at radius 3 is 2.68 bits per heavy atom. The van der Waals surface area contributed by atoms with E-state index in [2.05, 4.69) is 43.5 Å². The van der Waals surface area contributed by atoms with Gasteiger partial charge >= 0.3 is 0 Å². The molecular formula is C23H17BrN2O2. The van der Waals surface area contributed by atoms with Gasteiger partial charge in [-0.25, -0.2) is 0 Å². The first kappa shape index (κ1) is 17.2. The van der Waals surface area contributed by atoms with Gasteiger partial charge in [0.25, 0.3) is 0 Å². The van der Waals surface area contributed by atoms with Crippen LogP contribution in [-0.2, 0) is 6.42 Å². The summed E-state index contributed by atoms with van der Waals surface area (Å²) < 4.78 is 8.62. The van der Waals surface area contributed by atoms with Crippen molar-refractivity contribution in [3.05, 3.63) is 86.4 Å². The first-order valence-electron chi connectivity index (χ1n) is 9.02. The first-order valence-corrected chi connectivity index (χ1v) is 9.81. The Kier molecular flexibility index (Phi) is 3.88. The minimum Gasteiger partial charge on any atom is -0.497 e. The average Bonchev–Trinajstić information content (AvgIpc) is 2.99. The van der Waals surface area contributed by atoms with Crippen LogP contribution in [0.1, 0.15) is 16.7 Å². The predicted molar refractivity (Wildman–Crippen MR) is 116 cm³/mol. The highest BCUT2D eigenvalue weighted by Gasteiger charge is 2.17. The van der Waals surface area contributed by atoms with Crippen molar-refractivity contribution in [2.24, 2.45) is 0 Å². The Hall–Kier alpha value is -2.92. The molecule has 2 aromatic carbocycles. The summed E-state index contributed by atoms with van der Waals surface area (Å²) in [6, 6.07) is 12.1. The lowest BCUT2D eigenvalue weighted by Crippen LogP contribution is -2.12. The fraction of sp³-hybridized carbons (Fsp3) is 0.130. The lowest BCUT2D eigenvalue weighted by molar-refractivity contribution is 0.416. The number of methoxy groups -OCH3 is 1. The molecular weight excluding hydrogens is 416 g/mol. The zero-order valence-electron chi connectivity index (χ0n) is 15.5. The quantitative estimate of drug-likeness (QED) is 0.397. The highest BCUT2D eigenvalue weighted by Crippen LogP contribution is 2.35. The number of halogens is 1. The van der Waals surface area contributed by atoms with Crippen LogP contribution >= 0.6 is 15.9 Å². The van der Waals surface area contributed by atoms with Crippen LogP contribution in [-0.4, -0.2) is 16.5 Å². The third kappa shape index (κ3) is 2.58. The molecule has 5 aromatic rings. The summed E-state index contributed by atoms with van der Waals surface area (Å²) in [6.45, 7) is 2.01. The van der Waals surface area contributed by atoms with Gasteiger partial charge in [-0.3, -0.25) is 9.78 Å². The summed E-state index contributed by atoms with van der Waals surface area (Å²) in [5.74, 6) is 0.691. The van der Waals surface area contributed by atoms with Gasteiger partial charge in [0.2, 0.25) is 0 Å². The molecule has 0 aliphatic carbocycles. The number of nitrogens with zero attached hydrogens (tertiary/aromatic N) is 2. The van der Waals surface area contributed by atoms with E-state index in [1.807, 2.05) is 43.7 Å². The zero-order valence-corrected chi connectivity index (χ0v) is 17.1. The van der Waals surface area contributed by atoms with Gasteiger partial charge in [-0.15, -0.1) is 0 Å². The maximum atomic E-state index is 13.3. The highest BCUT2D eigenvalue weighted by molar-refractivity contribution is 9.10. The molecule has 4 nitrogen and oxygen atoms in total. The van der Waals surface area contributed by atoms with E-state index in [1.165, 1.54) is 0 Å². The van der Waals surface area contributed by atoms with Crippen LogP contribution in [0.5, 0.6) is 5.75 Å². The van der Waals surface area contributed by atoms with E-state index < -0.39 is 0 Å². The Morgan fingerprint density at radius 2 is 1.89 bits per heavy atom. The molecule has 0 N–H and O–H groups in total. The summed E-state index contributed by atoms with van der Waals surface area (Å²) in [7, 11) is 1.63. The molecule has 0 unspecified atom stereocenters. The fourth-order valence-corrected chi connectivity index (χ4v) is 4.35. The van der Waals surface area contributed by atoms with Crippen LogP contribution in [0.4, 0.5) is 0 Å². The number of ether oxygens (including phenoxy) is 1. The minimum atomic E-state index is 0.0415. The monoisotopic (exact) mass is 432 g/mol. The van der Waals surface area contributed by atoms with Crippen molar-refractivity contribution >= 4 is 43.1 Å². The number of aryl methyl sites for hydroxylation is 1. The molecule has 0 saturated carbocycles. The van der Waals surface area contributed by atoms with Gasteiger partial charge in [-0.2, -0.15) is 0 Å².